The van der Waals surface area contributed by atoms with Crippen molar-refractivity contribution in [2.24, 2.45) is 5.84 Å². The molecule has 4 heteroatoms. The van der Waals surface area contributed by atoms with Gasteiger partial charge in [-0.05, 0) is 50.8 Å². The summed E-state index contributed by atoms with van der Waals surface area (Å²) in [4.78, 5) is 0. The maximum atomic E-state index is 5.73. The van der Waals surface area contributed by atoms with Crippen LogP contribution in [-0.4, -0.2) is 18.8 Å². The Morgan fingerprint density at radius 3 is 2.21 bits per heavy atom. The number of nitrogens with two attached hydrogens (primary N) is 1. The van der Waals surface area contributed by atoms with Crippen LogP contribution < -0.4 is 16.0 Å². The lowest BCUT2D eigenvalue weighted by Gasteiger charge is -2.46. The van der Waals surface area contributed by atoms with Crippen LogP contribution in [0.3, 0.4) is 0 Å². The van der Waals surface area contributed by atoms with Crippen molar-refractivity contribution < 1.29 is 9.47 Å². The summed E-state index contributed by atoms with van der Waals surface area (Å²) in [7, 11) is 1.76. The summed E-state index contributed by atoms with van der Waals surface area (Å²) < 4.78 is 11.4. The molecule has 0 spiro atoms. The largest absolute Gasteiger partial charge is 0.491 e. The van der Waals surface area contributed by atoms with E-state index in [0.717, 1.165) is 24.2 Å². The lowest BCUT2D eigenvalue weighted by Crippen LogP contribution is -2.52. The summed E-state index contributed by atoms with van der Waals surface area (Å²) in [6, 6.07) is 8.12. The van der Waals surface area contributed by atoms with Gasteiger partial charge >= 0.3 is 0 Å². The standard InChI is InChI=1S/C15H24N2O2/c1-11(2)19-13-7-5-12(6-8-13)14(17-16)15(18-3)9-4-10-15/h5-8,11,14,17H,4,9-10,16H2,1-3H3. The molecular formula is C15H24N2O2. The van der Waals surface area contributed by atoms with E-state index >= 15 is 0 Å². The van der Waals surface area contributed by atoms with Crippen LogP contribution >= 0.6 is 0 Å². The molecular weight excluding hydrogens is 240 g/mol. The van der Waals surface area contributed by atoms with Crippen LogP contribution in [0.25, 0.3) is 0 Å². The Hall–Kier alpha value is -1.10. The van der Waals surface area contributed by atoms with E-state index < -0.39 is 0 Å². The first-order chi connectivity index (χ1) is 9.11. The molecule has 1 saturated carbocycles. The van der Waals surface area contributed by atoms with Crippen molar-refractivity contribution in [3.05, 3.63) is 29.8 Å². The first-order valence-electron chi connectivity index (χ1n) is 6.89. The van der Waals surface area contributed by atoms with E-state index in [1.54, 1.807) is 7.11 Å². The van der Waals surface area contributed by atoms with Crippen LogP contribution in [0.5, 0.6) is 5.75 Å². The molecule has 0 saturated heterocycles. The van der Waals surface area contributed by atoms with Gasteiger partial charge in [-0.25, -0.2) is 0 Å². The lowest BCUT2D eigenvalue weighted by molar-refractivity contribution is -0.0999. The molecule has 0 amide bonds. The maximum absolute atomic E-state index is 5.73. The Morgan fingerprint density at radius 1 is 1.21 bits per heavy atom. The predicted molar refractivity (Wildman–Crippen MR) is 75.9 cm³/mol. The average Bonchev–Trinajstić information content (AvgIpc) is 2.34. The van der Waals surface area contributed by atoms with Crippen LogP contribution in [0.2, 0.25) is 0 Å². The molecule has 3 N–H and O–H groups in total. The second kappa shape index (κ2) is 5.90. The summed E-state index contributed by atoms with van der Waals surface area (Å²) in [6.45, 7) is 4.04. The summed E-state index contributed by atoms with van der Waals surface area (Å²) in [5.74, 6) is 6.62. The Balaban J connectivity index is 2.15. The van der Waals surface area contributed by atoms with Crippen LogP contribution in [0.15, 0.2) is 24.3 Å². The van der Waals surface area contributed by atoms with E-state index in [4.69, 9.17) is 15.3 Å². The second-order valence-electron chi connectivity index (χ2n) is 5.46. The highest BCUT2D eigenvalue weighted by molar-refractivity contribution is 5.31. The Morgan fingerprint density at radius 2 is 1.84 bits per heavy atom. The van der Waals surface area contributed by atoms with Gasteiger partial charge in [0.05, 0.1) is 17.7 Å². The van der Waals surface area contributed by atoms with E-state index in [1.165, 1.54) is 6.42 Å². The van der Waals surface area contributed by atoms with E-state index in [-0.39, 0.29) is 17.7 Å². The number of methoxy groups -OCH3 is 1. The molecule has 4 nitrogen and oxygen atoms in total. The van der Waals surface area contributed by atoms with E-state index in [2.05, 4.69) is 17.6 Å². The second-order valence-corrected chi connectivity index (χ2v) is 5.46. The zero-order chi connectivity index (χ0) is 13.9. The Bertz CT molecular complexity index is 394. The third-order valence-electron chi connectivity index (χ3n) is 3.88. The number of hydrazine groups is 1. The zero-order valence-corrected chi connectivity index (χ0v) is 12.0. The van der Waals surface area contributed by atoms with Crippen molar-refractivity contribution in [3.63, 3.8) is 0 Å². The molecule has 2 rings (SSSR count). The van der Waals surface area contributed by atoms with Gasteiger partial charge in [0.2, 0.25) is 0 Å². The molecule has 1 fully saturated rings. The van der Waals surface area contributed by atoms with Crippen molar-refractivity contribution in [1.82, 2.24) is 5.43 Å². The normalized spacial score (nSPS) is 19.0. The fraction of sp³-hybridized carbons (Fsp3) is 0.600. The molecule has 0 aromatic heterocycles. The van der Waals surface area contributed by atoms with Crippen LogP contribution in [0, 0.1) is 0 Å². The molecule has 1 aromatic rings. The van der Waals surface area contributed by atoms with Crippen molar-refractivity contribution >= 4 is 0 Å². The van der Waals surface area contributed by atoms with Crippen LogP contribution in [0.4, 0.5) is 0 Å². The van der Waals surface area contributed by atoms with Gasteiger partial charge < -0.3 is 9.47 Å². The van der Waals surface area contributed by atoms with E-state index in [9.17, 15) is 0 Å². The van der Waals surface area contributed by atoms with E-state index in [0.29, 0.717) is 0 Å². The molecule has 0 aliphatic heterocycles. The highest BCUT2D eigenvalue weighted by atomic mass is 16.5. The first kappa shape index (κ1) is 14.3. The van der Waals surface area contributed by atoms with Gasteiger partial charge in [0, 0.05) is 7.11 Å². The minimum absolute atomic E-state index is 0.0272. The molecule has 1 unspecified atom stereocenters. The van der Waals surface area contributed by atoms with Crippen molar-refractivity contribution in [3.8, 4) is 5.75 Å². The Kier molecular flexibility index (Phi) is 4.45. The molecule has 0 heterocycles. The zero-order valence-electron chi connectivity index (χ0n) is 12.0. The van der Waals surface area contributed by atoms with Crippen molar-refractivity contribution in [1.29, 1.82) is 0 Å². The van der Waals surface area contributed by atoms with Crippen LogP contribution in [0.1, 0.15) is 44.7 Å². The molecule has 19 heavy (non-hydrogen) atoms. The Labute approximate surface area is 115 Å². The molecule has 0 radical (unpaired) electrons. The number of ether oxygens (including phenoxy) is 2. The molecule has 1 atom stereocenters. The quantitative estimate of drug-likeness (QED) is 0.612. The van der Waals surface area contributed by atoms with Gasteiger partial charge in [-0.1, -0.05) is 12.1 Å². The number of hydrogen-bond acceptors (Lipinski definition) is 4. The van der Waals surface area contributed by atoms with Gasteiger partial charge in [0.15, 0.2) is 0 Å². The van der Waals surface area contributed by atoms with Crippen molar-refractivity contribution in [2.45, 2.75) is 50.9 Å². The summed E-state index contributed by atoms with van der Waals surface area (Å²) in [6.07, 6.45) is 3.47. The average molecular weight is 264 g/mol. The maximum Gasteiger partial charge on any atom is 0.119 e. The first-order valence-corrected chi connectivity index (χ1v) is 6.89. The van der Waals surface area contributed by atoms with Gasteiger partial charge in [0.25, 0.3) is 0 Å². The molecule has 1 aromatic carbocycles. The van der Waals surface area contributed by atoms with Gasteiger partial charge in [0.1, 0.15) is 5.75 Å². The summed E-state index contributed by atoms with van der Waals surface area (Å²) in [5, 5.41) is 0. The minimum Gasteiger partial charge on any atom is -0.491 e. The van der Waals surface area contributed by atoms with E-state index in [1.807, 2.05) is 26.0 Å². The third kappa shape index (κ3) is 2.91. The summed E-state index contributed by atoms with van der Waals surface area (Å²) in [5.41, 5.74) is 3.89. The summed E-state index contributed by atoms with van der Waals surface area (Å²) >= 11 is 0. The van der Waals surface area contributed by atoms with Gasteiger partial charge in [-0.3, -0.25) is 11.3 Å². The fourth-order valence-corrected chi connectivity index (χ4v) is 2.70. The number of nitrogens with one attached hydrogen (secondary N) is 1. The van der Waals surface area contributed by atoms with Crippen molar-refractivity contribution in [2.75, 3.05) is 7.11 Å². The number of benzene rings is 1. The highest BCUT2D eigenvalue weighted by Crippen LogP contribution is 2.44. The monoisotopic (exact) mass is 264 g/mol. The third-order valence-corrected chi connectivity index (χ3v) is 3.88. The minimum atomic E-state index is -0.158. The SMILES string of the molecule is COC1(C(NN)c2ccc(OC(C)C)cc2)CCC1. The van der Waals surface area contributed by atoms with Gasteiger partial charge in [-0.15, -0.1) is 0 Å². The molecule has 0 bridgehead atoms. The lowest BCUT2D eigenvalue weighted by atomic mass is 9.72. The van der Waals surface area contributed by atoms with Gasteiger partial charge in [-0.2, -0.15) is 0 Å². The fourth-order valence-electron chi connectivity index (χ4n) is 2.70. The predicted octanol–water partition coefficient (Wildman–Crippen LogP) is 2.55. The molecule has 1 aliphatic rings. The van der Waals surface area contributed by atoms with Crippen LogP contribution in [-0.2, 0) is 4.74 Å². The smallest absolute Gasteiger partial charge is 0.119 e. The number of hydrogen-bond donors (Lipinski definition) is 2. The topological polar surface area (TPSA) is 56.5 Å². The number of rotatable bonds is 6. The molecule has 1 aliphatic carbocycles. The molecule has 106 valence electrons. The highest BCUT2D eigenvalue weighted by Gasteiger charge is 2.44.